The summed E-state index contributed by atoms with van der Waals surface area (Å²) in [7, 11) is -2.12. The van der Waals surface area contributed by atoms with E-state index in [9.17, 15) is 8.42 Å². The molecule has 2 unspecified atom stereocenters. The number of sulfonamides is 1. The first kappa shape index (κ1) is 13.3. The molecule has 1 fully saturated rings. The molecule has 1 aromatic rings. The zero-order valence-corrected chi connectivity index (χ0v) is 11.1. The normalized spacial score (nSPS) is 24.1. The number of ether oxygens (including phenoxy) is 1. The molecule has 100 valence electrons. The number of rotatable bonds is 4. The number of para-hydroxylation sites is 1. The Bertz CT molecular complexity index is 516. The van der Waals surface area contributed by atoms with Gasteiger partial charge in [-0.3, -0.25) is 0 Å². The number of hydrogen-bond acceptors (Lipinski definition) is 4. The Hall–Kier alpha value is -1.11. The largest absolute Gasteiger partial charge is 0.487 e. The molecule has 5 nitrogen and oxygen atoms in total. The van der Waals surface area contributed by atoms with Crippen LogP contribution in [0.2, 0.25) is 0 Å². The van der Waals surface area contributed by atoms with Crippen LogP contribution >= 0.6 is 0 Å². The molecule has 1 saturated carbocycles. The quantitative estimate of drug-likeness (QED) is 0.850. The van der Waals surface area contributed by atoms with Crippen molar-refractivity contribution < 1.29 is 13.2 Å². The highest BCUT2D eigenvalue weighted by Gasteiger charge is 2.27. The molecule has 2 atom stereocenters. The molecule has 0 amide bonds. The highest BCUT2D eigenvalue weighted by atomic mass is 32.2. The van der Waals surface area contributed by atoms with E-state index in [-0.39, 0.29) is 17.0 Å². The fraction of sp³-hybridized carbons (Fsp3) is 0.500. The first-order chi connectivity index (χ1) is 8.54. The highest BCUT2D eigenvalue weighted by molar-refractivity contribution is 7.89. The van der Waals surface area contributed by atoms with Gasteiger partial charge in [-0.15, -0.1) is 0 Å². The van der Waals surface area contributed by atoms with E-state index >= 15 is 0 Å². The predicted octanol–water partition coefficient (Wildman–Crippen LogP) is 0.853. The average Bonchev–Trinajstić information content (AvgIpc) is 2.76. The van der Waals surface area contributed by atoms with E-state index in [1.165, 1.54) is 13.1 Å². The molecule has 0 bridgehead atoms. The molecule has 2 rings (SSSR count). The van der Waals surface area contributed by atoms with Gasteiger partial charge in [-0.1, -0.05) is 12.1 Å². The van der Waals surface area contributed by atoms with Gasteiger partial charge >= 0.3 is 0 Å². The van der Waals surface area contributed by atoms with Crippen LogP contribution < -0.4 is 15.2 Å². The maximum absolute atomic E-state index is 11.9. The van der Waals surface area contributed by atoms with E-state index in [0.29, 0.717) is 5.75 Å². The molecule has 1 aliphatic rings. The van der Waals surface area contributed by atoms with Crippen molar-refractivity contribution in [2.45, 2.75) is 36.3 Å². The van der Waals surface area contributed by atoms with Crippen molar-refractivity contribution in [3.05, 3.63) is 24.3 Å². The number of hydrogen-bond donors (Lipinski definition) is 2. The van der Waals surface area contributed by atoms with Crippen molar-refractivity contribution in [3.8, 4) is 5.75 Å². The second-order valence-electron chi connectivity index (χ2n) is 4.41. The van der Waals surface area contributed by atoms with Gasteiger partial charge in [-0.25, -0.2) is 13.1 Å². The third-order valence-corrected chi connectivity index (χ3v) is 4.64. The second kappa shape index (κ2) is 5.26. The van der Waals surface area contributed by atoms with Crippen molar-refractivity contribution in [1.82, 2.24) is 4.72 Å². The van der Waals surface area contributed by atoms with E-state index < -0.39 is 10.0 Å². The lowest BCUT2D eigenvalue weighted by atomic mass is 10.2. The van der Waals surface area contributed by atoms with E-state index in [4.69, 9.17) is 10.5 Å². The SMILES string of the molecule is CNS(=O)(=O)c1ccccc1OC1CCCC1N. The summed E-state index contributed by atoms with van der Waals surface area (Å²) in [5.41, 5.74) is 5.93. The van der Waals surface area contributed by atoms with Crippen LogP contribution in [0, 0.1) is 0 Å². The fourth-order valence-electron chi connectivity index (χ4n) is 2.14. The first-order valence-corrected chi connectivity index (χ1v) is 7.48. The Morgan fingerprint density at radius 3 is 2.67 bits per heavy atom. The average molecular weight is 270 g/mol. The number of nitrogens with one attached hydrogen (secondary N) is 1. The fourth-order valence-corrected chi connectivity index (χ4v) is 3.00. The molecular formula is C12H18N2O3S. The topological polar surface area (TPSA) is 81.4 Å². The van der Waals surface area contributed by atoms with Gasteiger partial charge in [0.25, 0.3) is 0 Å². The maximum Gasteiger partial charge on any atom is 0.243 e. The summed E-state index contributed by atoms with van der Waals surface area (Å²) in [4.78, 5) is 0.159. The van der Waals surface area contributed by atoms with Gasteiger partial charge in [0, 0.05) is 6.04 Å². The molecular weight excluding hydrogens is 252 g/mol. The molecule has 1 aromatic carbocycles. The van der Waals surface area contributed by atoms with Crippen LogP contribution in [0.15, 0.2) is 29.2 Å². The summed E-state index contributed by atoms with van der Waals surface area (Å²) in [5, 5.41) is 0. The van der Waals surface area contributed by atoms with Crippen molar-refractivity contribution in [2.24, 2.45) is 5.73 Å². The third kappa shape index (κ3) is 2.66. The van der Waals surface area contributed by atoms with E-state index in [1.54, 1.807) is 18.2 Å². The van der Waals surface area contributed by atoms with Crippen molar-refractivity contribution in [1.29, 1.82) is 0 Å². The lowest BCUT2D eigenvalue weighted by Crippen LogP contribution is -2.34. The summed E-state index contributed by atoms with van der Waals surface area (Å²) in [6.07, 6.45) is 2.71. The van der Waals surface area contributed by atoms with Crippen LogP contribution in [0.25, 0.3) is 0 Å². The van der Waals surface area contributed by atoms with Gasteiger partial charge in [0.15, 0.2) is 0 Å². The van der Waals surface area contributed by atoms with E-state index in [1.807, 2.05) is 0 Å². The van der Waals surface area contributed by atoms with Crippen molar-refractivity contribution in [3.63, 3.8) is 0 Å². The van der Waals surface area contributed by atoms with E-state index in [2.05, 4.69) is 4.72 Å². The monoisotopic (exact) mass is 270 g/mol. The summed E-state index contributed by atoms with van der Waals surface area (Å²) >= 11 is 0. The second-order valence-corrected chi connectivity index (χ2v) is 6.26. The van der Waals surface area contributed by atoms with Crippen molar-refractivity contribution in [2.75, 3.05) is 7.05 Å². The standard InChI is InChI=1S/C12H18N2O3S/c1-14-18(15,16)12-8-3-2-6-11(12)17-10-7-4-5-9(10)13/h2-3,6,8-10,14H,4-5,7,13H2,1H3. The smallest absolute Gasteiger partial charge is 0.243 e. The van der Waals surface area contributed by atoms with Gasteiger partial charge in [-0.05, 0) is 38.4 Å². The molecule has 6 heteroatoms. The van der Waals surface area contributed by atoms with Crippen LogP contribution in [0.3, 0.4) is 0 Å². The molecule has 0 aromatic heterocycles. The summed E-state index contributed by atoms with van der Waals surface area (Å²) in [6, 6.07) is 6.60. The number of nitrogens with two attached hydrogens (primary N) is 1. The predicted molar refractivity (Wildman–Crippen MR) is 68.9 cm³/mol. The molecule has 0 saturated heterocycles. The minimum Gasteiger partial charge on any atom is -0.487 e. The van der Waals surface area contributed by atoms with Crippen molar-refractivity contribution >= 4 is 10.0 Å². The summed E-state index contributed by atoms with van der Waals surface area (Å²) < 4.78 is 31.8. The van der Waals surface area contributed by atoms with E-state index in [0.717, 1.165) is 19.3 Å². The molecule has 0 radical (unpaired) electrons. The van der Waals surface area contributed by atoms with Gasteiger partial charge in [0.1, 0.15) is 16.7 Å². The molecule has 3 N–H and O–H groups in total. The lowest BCUT2D eigenvalue weighted by molar-refractivity contribution is 0.186. The van der Waals surface area contributed by atoms with Gasteiger partial charge in [0.2, 0.25) is 10.0 Å². The highest BCUT2D eigenvalue weighted by Crippen LogP contribution is 2.28. The molecule has 1 aliphatic carbocycles. The summed E-state index contributed by atoms with van der Waals surface area (Å²) in [5.74, 6) is 0.370. The lowest BCUT2D eigenvalue weighted by Gasteiger charge is -2.19. The Balaban J connectivity index is 2.28. The Kier molecular flexibility index (Phi) is 3.89. The minimum atomic E-state index is -3.50. The molecule has 0 aliphatic heterocycles. The van der Waals surface area contributed by atoms with Gasteiger partial charge in [0.05, 0.1) is 0 Å². The van der Waals surface area contributed by atoms with Crippen LogP contribution in [0.4, 0.5) is 0 Å². The zero-order valence-electron chi connectivity index (χ0n) is 10.3. The van der Waals surface area contributed by atoms with Gasteiger partial charge < -0.3 is 10.5 Å². The Morgan fingerprint density at radius 2 is 2.06 bits per heavy atom. The maximum atomic E-state index is 11.9. The minimum absolute atomic E-state index is 0.0182. The van der Waals surface area contributed by atoms with Crippen LogP contribution in [-0.4, -0.2) is 27.6 Å². The van der Waals surface area contributed by atoms with Crippen LogP contribution in [-0.2, 0) is 10.0 Å². The van der Waals surface area contributed by atoms with Crippen LogP contribution in [0.5, 0.6) is 5.75 Å². The summed E-state index contributed by atoms with van der Waals surface area (Å²) in [6.45, 7) is 0. The Morgan fingerprint density at radius 1 is 1.33 bits per heavy atom. The molecule has 0 spiro atoms. The Labute approximate surface area is 107 Å². The third-order valence-electron chi connectivity index (χ3n) is 3.19. The first-order valence-electron chi connectivity index (χ1n) is 5.99. The van der Waals surface area contributed by atoms with Crippen LogP contribution in [0.1, 0.15) is 19.3 Å². The number of benzene rings is 1. The molecule has 0 heterocycles. The van der Waals surface area contributed by atoms with Gasteiger partial charge in [-0.2, -0.15) is 0 Å². The molecule has 18 heavy (non-hydrogen) atoms. The zero-order chi connectivity index (χ0) is 13.2.